The van der Waals surface area contributed by atoms with Gasteiger partial charge in [0.05, 0.1) is 5.54 Å². The molecule has 0 spiro atoms. The summed E-state index contributed by atoms with van der Waals surface area (Å²) < 4.78 is 0. The number of carbonyl (C=O) groups is 2. The summed E-state index contributed by atoms with van der Waals surface area (Å²) in [5.74, 6) is 0.394. The van der Waals surface area contributed by atoms with Crippen LogP contribution in [0.15, 0.2) is 24.3 Å². The second-order valence-electron chi connectivity index (χ2n) is 6.35. The van der Waals surface area contributed by atoms with Gasteiger partial charge >= 0.3 is 0 Å². The first-order chi connectivity index (χ1) is 9.96. The minimum atomic E-state index is -0.807. The summed E-state index contributed by atoms with van der Waals surface area (Å²) in [6, 6.07) is 7.15. The lowest BCUT2D eigenvalue weighted by Crippen LogP contribution is -2.50. The molecule has 0 bridgehead atoms. The van der Waals surface area contributed by atoms with Gasteiger partial charge in [0, 0.05) is 17.3 Å². The molecule has 0 heterocycles. The summed E-state index contributed by atoms with van der Waals surface area (Å²) in [7, 11) is 0. The molecule has 3 rings (SSSR count). The van der Waals surface area contributed by atoms with Crippen molar-refractivity contribution in [2.45, 2.75) is 38.1 Å². The van der Waals surface area contributed by atoms with Crippen molar-refractivity contribution in [1.29, 1.82) is 0 Å². The molecule has 1 atom stereocenters. The van der Waals surface area contributed by atoms with Crippen molar-refractivity contribution >= 4 is 23.2 Å². The van der Waals surface area contributed by atoms with Crippen LogP contribution in [0.1, 0.15) is 32.6 Å². The molecule has 5 heteroatoms. The highest BCUT2D eigenvalue weighted by atomic mass is 16.2. The number of anilines is 2. The molecule has 4 N–H and O–H groups in total. The Kier molecular flexibility index (Phi) is 3.45. The van der Waals surface area contributed by atoms with Gasteiger partial charge < -0.3 is 16.4 Å². The van der Waals surface area contributed by atoms with Crippen molar-refractivity contribution in [3.63, 3.8) is 0 Å². The van der Waals surface area contributed by atoms with Gasteiger partial charge in [-0.15, -0.1) is 0 Å². The van der Waals surface area contributed by atoms with E-state index in [4.69, 9.17) is 5.73 Å². The van der Waals surface area contributed by atoms with E-state index >= 15 is 0 Å². The van der Waals surface area contributed by atoms with E-state index in [1.54, 1.807) is 31.2 Å². The molecular formula is C16H21N3O2. The van der Waals surface area contributed by atoms with Gasteiger partial charge in [0.1, 0.15) is 0 Å². The van der Waals surface area contributed by atoms with E-state index in [2.05, 4.69) is 10.6 Å². The number of nitrogens with one attached hydrogen (secondary N) is 2. The summed E-state index contributed by atoms with van der Waals surface area (Å²) in [6.07, 6.45) is 4.01. The Labute approximate surface area is 124 Å². The molecule has 2 aliphatic carbocycles. The molecule has 0 aromatic heterocycles. The highest BCUT2D eigenvalue weighted by molar-refractivity contribution is 5.98. The van der Waals surface area contributed by atoms with Crippen molar-refractivity contribution < 1.29 is 9.59 Å². The van der Waals surface area contributed by atoms with E-state index < -0.39 is 5.54 Å². The summed E-state index contributed by atoms with van der Waals surface area (Å²) in [5, 5.41) is 5.71. The summed E-state index contributed by atoms with van der Waals surface area (Å²) >= 11 is 0. The zero-order chi connectivity index (χ0) is 15.0. The van der Waals surface area contributed by atoms with Crippen molar-refractivity contribution in [2.24, 2.45) is 17.6 Å². The average Bonchev–Trinajstić information content (AvgIpc) is 3.31. The predicted molar refractivity (Wildman–Crippen MR) is 81.7 cm³/mol. The first-order valence-electron chi connectivity index (χ1n) is 7.48. The molecular weight excluding hydrogens is 266 g/mol. The number of benzene rings is 1. The third-order valence-electron chi connectivity index (χ3n) is 4.27. The molecule has 2 aliphatic rings. The second-order valence-corrected chi connectivity index (χ2v) is 6.35. The highest BCUT2D eigenvalue weighted by Crippen LogP contribution is 2.38. The Bertz CT molecular complexity index is 557. The van der Waals surface area contributed by atoms with Crippen LogP contribution in [0.5, 0.6) is 0 Å². The molecule has 0 aliphatic heterocycles. The van der Waals surface area contributed by atoms with Gasteiger partial charge in [0.15, 0.2) is 0 Å². The standard InChI is InChI=1S/C16H21N3O2/c1-16(17,11-4-5-11)15(21)19-13-8-6-12(7-9-13)18-14(20)10-2-3-10/h6-11H,2-5,17H2,1H3,(H,18,20)(H,19,21). The predicted octanol–water partition coefficient (Wildman–Crippen LogP) is 2.10. The zero-order valence-corrected chi connectivity index (χ0v) is 12.2. The van der Waals surface area contributed by atoms with Gasteiger partial charge in [0.2, 0.25) is 11.8 Å². The van der Waals surface area contributed by atoms with Crippen LogP contribution in [-0.4, -0.2) is 17.4 Å². The summed E-state index contributed by atoms with van der Waals surface area (Å²) in [5.41, 5.74) is 6.72. The van der Waals surface area contributed by atoms with E-state index in [-0.39, 0.29) is 23.7 Å². The molecule has 0 radical (unpaired) electrons. The highest BCUT2D eigenvalue weighted by Gasteiger charge is 2.44. The van der Waals surface area contributed by atoms with Crippen LogP contribution in [-0.2, 0) is 9.59 Å². The average molecular weight is 287 g/mol. The smallest absolute Gasteiger partial charge is 0.244 e. The fraction of sp³-hybridized carbons (Fsp3) is 0.500. The monoisotopic (exact) mass is 287 g/mol. The van der Waals surface area contributed by atoms with Gasteiger partial charge in [-0.3, -0.25) is 9.59 Å². The van der Waals surface area contributed by atoms with Crippen LogP contribution in [0.4, 0.5) is 11.4 Å². The maximum absolute atomic E-state index is 12.2. The normalized spacial score (nSPS) is 20.5. The van der Waals surface area contributed by atoms with Gasteiger partial charge in [-0.25, -0.2) is 0 Å². The Morgan fingerprint density at radius 2 is 1.57 bits per heavy atom. The minimum Gasteiger partial charge on any atom is -0.326 e. The van der Waals surface area contributed by atoms with Gasteiger partial charge in [-0.2, -0.15) is 0 Å². The quantitative estimate of drug-likeness (QED) is 0.775. The third-order valence-corrected chi connectivity index (χ3v) is 4.27. The van der Waals surface area contributed by atoms with E-state index in [1.165, 1.54) is 0 Å². The number of hydrogen-bond acceptors (Lipinski definition) is 3. The van der Waals surface area contributed by atoms with Crippen LogP contribution in [0.2, 0.25) is 0 Å². The summed E-state index contributed by atoms with van der Waals surface area (Å²) in [6.45, 7) is 1.78. The van der Waals surface area contributed by atoms with Gasteiger partial charge in [-0.1, -0.05) is 0 Å². The zero-order valence-electron chi connectivity index (χ0n) is 12.2. The SMILES string of the molecule is CC(N)(C(=O)Nc1ccc(NC(=O)C2CC2)cc1)C1CC1. The van der Waals surface area contributed by atoms with Crippen molar-refractivity contribution in [2.75, 3.05) is 10.6 Å². The largest absolute Gasteiger partial charge is 0.326 e. The Balaban J connectivity index is 1.58. The fourth-order valence-corrected chi connectivity index (χ4v) is 2.36. The van der Waals surface area contributed by atoms with E-state index in [0.29, 0.717) is 5.69 Å². The molecule has 5 nitrogen and oxygen atoms in total. The molecule has 0 saturated heterocycles. The maximum atomic E-state index is 12.2. The van der Waals surface area contributed by atoms with Gasteiger partial charge in [-0.05, 0) is 62.8 Å². The fourth-order valence-electron chi connectivity index (χ4n) is 2.36. The lowest BCUT2D eigenvalue weighted by molar-refractivity contribution is -0.121. The third kappa shape index (κ3) is 3.24. The second kappa shape index (κ2) is 5.15. The number of amides is 2. The van der Waals surface area contributed by atoms with E-state index in [1.807, 2.05) is 0 Å². The van der Waals surface area contributed by atoms with Crippen LogP contribution >= 0.6 is 0 Å². The Morgan fingerprint density at radius 3 is 2.05 bits per heavy atom. The molecule has 2 saturated carbocycles. The van der Waals surface area contributed by atoms with Crippen LogP contribution in [0, 0.1) is 11.8 Å². The number of nitrogens with two attached hydrogens (primary N) is 1. The Hall–Kier alpha value is -1.88. The molecule has 1 aromatic carbocycles. The first kappa shape index (κ1) is 14.1. The molecule has 112 valence electrons. The van der Waals surface area contributed by atoms with Crippen LogP contribution < -0.4 is 16.4 Å². The van der Waals surface area contributed by atoms with Crippen LogP contribution in [0.3, 0.4) is 0 Å². The molecule has 1 unspecified atom stereocenters. The first-order valence-corrected chi connectivity index (χ1v) is 7.48. The summed E-state index contributed by atoms with van der Waals surface area (Å²) in [4.78, 5) is 23.8. The Morgan fingerprint density at radius 1 is 1.05 bits per heavy atom. The molecule has 21 heavy (non-hydrogen) atoms. The molecule has 1 aromatic rings. The van der Waals surface area contributed by atoms with Crippen molar-refractivity contribution in [3.8, 4) is 0 Å². The van der Waals surface area contributed by atoms with Crippen LogP contribution in [0.25, 0.3) is 0 Å². The maximum Gasteiger partial charge on any atom is 0.244 e. The van der Waals surface area contributed by atoms with Crippen molar-refractivity contribution in [1.82, 2.24) is 0 Å². The van der Waals surface area contributed by atoms with Crippen molar-refractivity contribution in [3.05, 3.63) is 24.3 Å². The van der Waals surface area contributed by atoms with Gasteiger partial charge in [0.25, 0.3) is 0 Å². The lowest BCUT2D eigenvalue weighted by atomic mass is 9.96. The molecule has 2 fully saturated rings. The minimum absolute atomic E-state index is 0.0788. The number of carbonyl (C=O) groups excluding carboxylic acids is 2. The van der Waals surface area contributed by atoms with E-state index in [0.717, 1.165) is 31.4 Å². The number of rotatable bonds is 5. The number of hydrogen-bond donors (Lipinski definition) is 3. The topological polar surface area (TPSA) is 84.2 Å². The lowest BCUT2D eigenvalue weighted by Gasteiger charge is -2.23. The molecule has 2 amide bonds. The van der Waals surface area contributed by atoms with E-state index in [9.17, 15) is 9.59 Å².